The highest BCUT2D eigenvalue weighted by atomic mass is 19.1. The molecule has 0 aliphatic carbocycles. The predicted octanol–water partition coefficient (Wildman–Crippen LogP) is 3.68. The maximum Gasteiger partial charge on any atom is 0.250 e. The molecule has 0 fully saturated rings. The van der Waals surface area contributed by atoms with Gasteiger partial charge >= 0.3 is 0 Å². The molecule has 2 N–H and O–H groups in total. The number of H-pyrrole nitrogens is 1. The minimum absolute atomic E-state index is 0.0169. The van der Waals surface area contributed by atoms with Crippen molar-refractivity contribution in [1.82, 2.24) is 19.9 Å². The Morgan fingerprint density at radius 1 is 1.17 bits per heavy atom. The average Bonchev–Trinajstić information content (AvgIpc) is 3.16. The van der Waals surface area contributed by atoms with E-state index in [-0.39, 0.29) is 5.88 Å². The molecule has 29 heavy (non-hydrogen) atoms. The van der Waals surface area contributed by atoms with Crippen LogP contribution in [-0.2, 0) is 13.0 Å². The molecule has 0 saturated carbocycles. The van der Waals surface area contributed by atoms with Crippen LogP contribution in [-0.4, -0.2) is 27.0 Å². The van der Waals surface area contributed by atoms with E-state index in [9.17, 15) is 4.39 Å². The number of hydrogen-bond acceptors (Lipinski definition) is 5. The summed E-state index contributed by atoms with van der Waals surface area (Å²) < 4.78 is 18.5. The number of pyridine rings is 3. The fourth-order valence-electron chi connectivity index (χ4n) is 3.14. The number of nitrogens with zero attached hydrogens (tertiary/aromatic N) is 3. The molecule has 4 heterocycles. The van der Waals surface area contributed by atoms with Crippen molar-refractivity contribution in [3.8, 4) is 18.2 Å². The second-order valence-electron chi connectivity index (χ2n) is 6.46. The number of aromatic amines is 1. The molecule has 0 aliphatic rings. The number of hydrogen-bond donors (Lipinski definition) is 2. The quantitative estimate of drug-likeness (QED) is 0.494. The summed E-state index contributed by atoms with van der Waals surface area (Å²) >= 11 is 0. The number of aromatic nitrogens is 4. The zero-order valence-electron chi connectivity index (χ0n) is 15.7. The van der Waals surface area contributed by atoms with Gasteiger partial charge in [-0.1, -0.05) is 12.0 Å². The van der Waals surface area contributed by atoms with Crippen LogP contribution in [0.25, 0.3) is 11.0 Å². The molecule has 144 valence electrons. The van der Waals surface area contributed by atoms with Crippen LogP contribution in [0.1, 0.15) is 22.3 Å². The number of halogens is 1. The van der Waals surface area contributed by atoms with Crippen molar-refractivity contribution in [1.29, 1.82) is 0 Å². The molecule has 7 heteroatoms. The Morgan fingerprint density at radius 2 is 2.03 bits per heavy atom. The average molecular weight is 387 g/mol. The van der Waals surface area contributed by atoms with Crippen LogP contribution in [0.5, 0.6) is 5.88 Å². The van der Waals surface area contributed by atoms with Crippen LogP contribution < -0.4 is 10.1 Å². The van der Waals surface area contributed by atoms with Gasteiger partial charge < -0.3 is 15.0 Å². The number of rotatable bonds is 6. The fraction of sp³-hybridized carbons (Fsp3) is 0.136. The lowest BCUT2D eigenvalue weighted by Gasteiger charge is -2.08. The molecule has 0 atom stereocenters. The lowest BCUT2D eigenvalue weighted by atomic mass is 10.0. The first-order valence-corrected chi connectivity index (χ1v) is 8.96. The lowest BCUT2D eigenvalue weighted by Crippen LogP contribution is -2.03. The number of ether oxygens (including phenoxy) is 1. The molecule has 0 amide bonds. The van der Waals surface area contributed by atoms with Crippen molar-refractivity contribution in [2.24, 2.45) is 0 Å². The van der Waals surface area contributed by atoms with Crippen molar-refractivity contribution >= 4 is 16.9 Å². The molecule has 0 aromatic carbocycles. The minimum atomic E-state index is -0.491. The van der Waals surface area contributed by atoms with E-state index >= 15 is 0 Å². The molecule has 0 radical (unpaired) electrons. The van der Waals surface area contributed by atoms with E-state index in [2.05, 4.69) is 31.2 Å². The first-order valence-electron chi connectivity index (χ1n) is 8.96. The van der Waals surface area contributed by atoms with Crippen molar-refractivity contribution in [3.05, 3.63) is 77.1 Å². The van der Waals surface area contributed by atoms with E-state index in [1.54, 1.807) is 18.6 Å². The van der Waals surface area contributed by atoms with E-state index in [0.29, 0.717) is 24.3 Å². The first-order chi connectivity index (χ1) is 14.2. The van der Waals surface area contributed by atoms with Crippen LogP contribution in [0, 0.1) is 18.2 Å². The van der Waals surface area contributed by atoms with Gasteiger partial charge in [0.2, 0.25) is 5.88 Å². The maximum absolute atomic E-state index is 13.7. The molecule has 0 spiro atoms. The van der Waals surface area contributed by atoms with Gasteiger partial charge in [0.25, 0.3) is 0 Å². The van der Waals surface area contributed by atoms with E-state index in [4.69, 9.17) is 11.2 Å². The van der Waals surface area contributed by atoms with Crippen molar-refractivity contribution in [2.45, 2.75) is 13.0 Å². The van der Waals surface area contributed by atoms with E-state index < -0.39 is 5.82 Å². The summed E-state index contributed by atoms with van der Waals surface area (Å²) in [5.74, 6) is 2.89. The Morgan fingerprint density at radius 3 is 2.76 bits per heavy atom. The highest BCUT2D eigenvalue weighted by Crippen LogP contribution is 2.23. The third-order valence-corrected chi connectivity index (χ3v) is 4.56. The summed E-state index contributed by atoms with van der Waals surface area (Å²) in [7, 11) is 1.38. The molecule has 4 aromatic heterocycles. The molecule has 0 aliphatic heterocycles. The van der Waals surface area contributed by atoms with Gasteiger partial charge in [0.05, 0.1) is 7.11 Å². The number of nitrogens with one attached hydrogen (secondary N) is 2. The molecule has 4 rings (SSSR count). The highest BCUT2D eigenvalue weighted by Gasteiger charge is 2.10. The number of fused-ring (bicyclic) bond motifs is 1. The van der Waals surface area contributed by atoms with E-state index in [1.165, 1.54) is 13.2 Å². The van der Waals surface area contributed by atoms with Gasteiger partial charge in [-0.2, -0.15) is 0 Å². The number of terminal acetylenes is 1. The van der Waals surface area contributed by atoms with Crippen LogP contribution in [0.15, 0.2) is 49.1 Å². The van der Waals surface area contributed by atoms with Gasteiger partial charge in [-0.25, -0.2) is 19.3 Å². The zero-order chi connectivity index (χ0) is 20.2. The third-order valence-electron chi connectivity index (χ3n) is 4.56. The maximum atomic E-state index is 13.7. The summed E-state index contributed by atoms with van der Waals surface area (Å²) in [6.45, 7) is 0.403. The Hall–Kier alpha value is -3.92. The third kappa shape index (κ3) is 3.87. The second-order valence-corrected chi connectivity index (χ2v) is 6.46. The van der Waals surface area contributed by atoms with Crippen LogP contribution in [0.4, 0.5) is 10.2 Å². The Balaban J connectivity index is 1.45. The molecular formula is C22H18FN5O. The largest absolute Gasteiger partial charge is 0.479 e. The predicted molar refractivity (Wildman–Crippen MR) is 109 cm³/mol. The lowest BCUT2D eigenvalue weighted by molar-refractivity contribution is 0.368. The molecular weight excluding hydrogens is 369 g/mol. The smallest absolute Gasteiger partial charge is 0.250 e. The van der Waals surface area contributed by atoms with Crippen molar-refractivity contribution < 1.29 is 9.13 Å². The molecule has 0 unspecified atom stereocenters. The van der Waals surface area contributed by atoms with Crippen LogP contribution >= 0.6 is 0 Å². The van der Waals surface area contributed by atoms with Crippen LogP contribution in [0.2, 0.25) is 0 Å². The Kier molecular flexibility index (Phi) is 5.08. The van der Waals surface area contributed by atoms with Crippen molar-refractivity contribution in [2.75, 3.05) is 12.4 Å². The standard InChI is InChI=1S/C22H18FN5O/c1-3-16-6-7-24-21-20(16)17(13-27-21)8-14-4-5-19(25-10-14)26-11-15-9-18(23)22(29-2)28-12-15/h1,4-7,9-10,12-13H,8,11H2,2H3,(H,24,27)(H,25,26). The molecule has 0 bridgehead atoms. The molecule has 4 aromatic rings. The first kappa shape index (κ1) is 18.4. The van der Waals surface area contributed by atoms with Crippen LogP contribution in [0.3, 0.4) is 0 Å². The summed E-state index contributed by atoms with van der Waals surface area (Å²) in [5, 5.41) is 4.12. The Bertz CT molecular complexity index is 1190. The SMILES string of the molecule is C#Cc1ccnc2[nH]cc(Cc3ccc(NCc4cnc(OC)c(F)c4)nc3)c12. The van der Waals surface area contributed by atoms with Gasteiger partial charge in [0.15, 0.2) is 5.82 Å². The molecule has 6 nitrogen and oxygen atoms in total. The summed E-state index contributed by atoms with van der Waals surface area (Å²) in [5.41, 5.74) is 4.41. The van der Waals surface area contributed by atoms with Gasteiger partial charge in [-0.3, -0.25) is 0 Å². The van der Waals surface area contributed by atoms with Crippen molar-refractivity contribution in [3.63, 3.8) is 0 Å². The summed E-state index contributed by atoms with van der Waals surface area (Å²) in [6, 6.07) is 7.11. The Labute approximate surface area is 167 Å². The topological polar surface area (TPSA) is 75.7 Å². The summed E-state index contributed by atoms with van der Waals surface area (Å²) in [4.78, 5) is 15.8. The second kappa shape index (κ2) is 7.98. The number of methoxy groups -OCH3 is 1. The monoisotopic (exact) mass is 387 g/mol. The summed E-state index contributed by atoms with van der Waals surface area (Å²) in [6.07, 6.45) is 13.3. The van der Waals surface area contributed by atoms with Gasteiger partial charge in [0, 0.05) is 48.7 Å². The normalized spacial score (nSPS) is 10.7. The molecule has 0 saturated heterocycles. The number of anilines is 1. The van der Waals surface area contributed by atoms with E-state index in [0.717, 1.165) is 27.7 Å². The fourth-order valence-corrected chi connectivity index (χ4v) is 3.14. The zero-order valence-corrected chi connectivity index (χ0v) is 15.7. The van der Waals surface area contributed by atoms with Gasteiger partial charge in [-0.15, -0.1) is 6.42 Å². The van der Waals surface area contributed by atoms with Gasteiger partial charge in [-0.05, 0) is 34.9 Å². The van der Waals surface area contributed by atoms with Gasteiger partial charge in [0.1, 0.15) is 11.5 Å². The minimum Gasteiger partial charge on any atom is -0.479 e. The highest BCUT2D eigenvalue weighted by molar-refractivity contribution is 5.86. The van der Waals surface area contributed by atoms with E-state index in [1.807, 2.05) is 24.4 Å².